The average molecular weight is 339 g/mol. The van der Waals surface area contributed by atoms with E-state index in [1.807, 2.05) is 6.08 Å². The molecule has 0 saturated heterocycles. The summed E-state index contributed by atoms with van der Waals surface area (Å²) in [5.41, 5.74) is -1.33. The molecule has 4 nitrogen and oxygen atoms in total. The van der Waals surface area contributed by atoms with Crippen LogP contribution in [-0.4, -0.2) is 34.2 Å². The average Bonchev–Trinajstić information content (AvgIpc) is 2.50. The topological polar surface area (TPSA) is 52.6 Å². The molecule has 0 fully saturated rings. The van der Waals surface area contributed by atoms with Crippen LogP contribution in [-0.2, 0) is 19.1 Å². The molecule has 0 aromatic carbocycles. The lowest BCUT2D eigenvalue weighted by atomic mass is 9.86. The number of ether oxygens (including phenoxy) is 2. The molecule has 0 N–H and O–H groups in total. The number of rotatable bonds is 7. The maximum absolute atomic E-state index is 12.0. The molecule has 0 aliphatic carbocycles. The van der Waals surface area contributed by atoms with Crippen molar-refractivity contribution in [3.8, 4) is 11.8 Å². The van der Waals surface area contributed by atoms with E-state index in [4.69, 9.17) is 9.47 Å². The molecule has 0 aliphatic heterocycles. The van der Waals surface area contributed by atoms with Crippen molar-refractivity contribution < 1.29 is 19.1 Å². The number of methoxy groups -OCH3 is 2. The fourth-order valence-corrected chi connectivity index (χ4v) is 3.15. The van der Waals surface area contributed by atoms with E-state index in [9.17, 15) is 9.59 Å². The zero-order valence-corrected chi connectivity index (χ0v) is 16.5. The molecule has 0 bridgehead atoms. The van der Waals surface area contributed by atoms with E-state index in [1.165, 1.54) is 14.2 Å². The van der Waals surface area contributed by atoms with Crippen LogP contribution in [0.25, 0.3) is 0 Å². The van der Waals surface area contributed by atoms with Crippen LogP contribution in [0, 0.1) is 17.3 Å². The minimum Gasteiger partial charge on any atom is -0.468 e. The number of hydrogen-bond donors (Lipinski definition) is 0. The van der Waals surface area contributed by atoms with E-state index in [1.54, 1.807) is 6.92 Å². The normalized spacial score (nSPS) is 12.2. The Morgan fingerprint density at radius 1 is 1.13 bits per heavy atom. The van der Waals surface area contributed by atoms with Crippen LogP contribution in [0.15, 0.2) is 11.3 Å². The van der Waals surface area contributed by atoms with Gasteiger partial charge in [0.1, 0.15) is 0 Å². The summed E-state index contributed by atoms with van der Waals surface area (Å²) in [5.74, 6) is 5.27. The number of hydrogen-bond acceptors (Lipinski definition) is 4. The van der Waals surface area contributed by atoms with Gasteiger partial charge in [0.05, 0.1) is 22.3 Å². The second-order valence-electron chi connectivity index (χ2n) is 6.79. The number of esters is 2. The predicted octanol–water partition coefficient (Wildman–Crippen LogP) is 3.73. The molecule has 5 heteroatoms. The summed E-state index contributed by atoms with van der Waals surface area (Å²) in [7, 11) is 0.897. The van der Waals surface area contributed by atoms with E-state index in [0.29, 0.717) is 0 Å². The maximum atomic E-state index is 12.0. The Morgan fingerprint density at radius 2 is 1.65 bits per heavy atom. The summed E-state index contributed by atoms with van der Waals surface area (Å²) in [6.07, 6.45) is 5.20. The van der Waals surface area contributed by atoms with Gasteiger partial charge in [-0.2, -0.15) is 0 Å². The fourth-order valence-electron chi connectivity index (χ4n) is 1.97. The molecule has 130 valence electrons. The Bertz CT molecular complexity index is 487. The maximum Gasteiger partial charge on any atom is 0.323 e. The first-order chi connectivity index (χ1) is 10.6. The fraction of sp³-hybridized carbons (Fsp3) is 0.667. The van der Waals surface area contributed by atoms with Crippen molar-refractivity contribution in [1.29, 1.82) is 0 Å². The van der Waals surface area contributed by atoms with Crippen molar-refractivity contribution >= 4 is 20.0 Å². The SMILES string of the molecule is CCCCC#C/C(=C/CC(C)(C(=O)OC)C(=O)OC)[Si](C)(C)C. The van der Waals surface area contributed by atoms with Crippen molar-refractivity contribution in [3.63, 3.8) is 0 Å². The second-order valence-corrected chi connectivity index (χ2v) is 11.8. The summed E-state index contributed by atoms with van der Waals surface area (Å²) in [6, 6.07) is 0. The number of allylic oxidation sites excluding steroid dienone is 2. The van der Waals surface area contributed by atoms with Crippen molar-refractivity contribution in [3.05, 3.63) is 11.3 Å². The Balaban J connectivity index is 5.49. The van der Waals surface area contributed by atoms with Gasteiger partial charge < -0.3 is 9.47 Å². The van der Waals surface area contributed by atoms with Crippen LogP contribution in [0.2, 0.25) is 19.6 Å². The van der Waals surface area contributed by atoms with E-state index in [2.05, 4.69) is 38.4 Å². The number of carbonyl (C=O) groups excluding carboxylic acids is 2. The van der Waals surface area contributed by atoms with Gasteiger partial charge in [-0.1, -0.05) is 50.9 Å². The molecule has 23 heavy (non-hydrogen) atoms. The summed E-state index contributed by atoms with van der Waals surface area (Å²) >= 11 is 0. The van der Waals surface area contributed by atoms with E-state index in [-0.39, 0.29) is 6.42 Å². The Hall–Kier alpha value is -1.54. The van der Waals surface area contributed by atoms with Gasteiger partial charge in [0.25, 0.3) is 0 Å². The zero-order chi connectivity index (χ0) is 18.1. The first-order valence-electron chi connectivity index (χ1n) is 7.99. The van der Waals surface area contributed by atoms with Gasteiger partial charge in [-0.25, -0.2) is 0 Å². The highest BCUT2D eigenvalue weighted by Crippen LogP contribution is 2.28. The summed E-state index contributed by atoms with van der Waals surface area (Å²) in [5, 5.41) is 1.05. The first kappa shape index (κ1) is 21.5. The Kier molecular flexibility index (Phi) is 8.92. The molecule has 0 rings (SSSR count). The van der Waals surface area contributed by atoms with Crippen molar-refractivity contribution in [2.24, 2.45) is 5.41 Å². The van der Waals surface area contributed by atoms with Crippen molar-refractivity contribution in [2.75, 3.05) is 14.2 Å². The molecule has 0 aliphatic rings. The minimum absolute atomic E-state index is 0.231. The highest BCUT2D eigenvalue weighted by molar-refractivity contribution is 6.84. The predicted molar refractivity (Wildman–Crippen MR) is 95.5 cm³/mol. The lowest BCUT2D eigenvalue weighted by molar-refractivity contribution is -0.167. The molecule has 0 unspecified atom stereocenters. The van der Waals surface area contributed by atoms with Crippen LogP contribution in [0.4, 0.5) is 0 Å². The lowest BCUT2D eigenvalue weighted by Gasteiger charge is -2.23. The highest BCUT2D eigenvalue weighted by atomic mass is 28.3. The van der Waals surface area contributed by atoms with Gasteiger partial charge in [0, 0.05) is 6.42 Å². The third kappa shape index (κ3) is 6.62. The van der Waals surface area contributed by atoms with Gasteiger partial charge in [0.2, 0.25) is 0 Å². The summed E-state index contributed by atoms with van der Waals surface area (Å²) in [4.78, 5) is 24.0. The van der Waals surface area contributed by atoms with Gasteiger partial charge in [0.15, 0.2) is 5.41 Å². The monoisotopic (exact) mass is 338 g/mol. The lowest BCUT2D eigenvalue weighted by Crippen LogP contribution is -2.38. The van der Waals surface area contributed by atoms with Gasteiger partial charge >= 0.3 is 11.9 Å². The molecule has 0 aromatic heterocycles. The largest absolute Gasteiger partial charge is 0.468 e. The van der Waals surface area contributed by atoms with Crippen LogP contribution in [0.1, 0.15) is 39.5 Å². The zero-order valence-electron chi connectivity index (χ0n) is 15.5. The Morgan fingerprint density at radius 3 is 2.04 bits per heavy atom. The Labute approximate surface area is 141 Å². The first-order valence-corrected chi connectivity index (χ1v) is 11.5. The molecule has 0 amide bonds. The molecule has 0 spiro atoms. The van der Waals surface area contributed by atoms with Crippen LogP contribution in [0.5, 0.6) is 0 Å². The molecule has 0 radical (unpaired) electrons. The summed E-state index contributed by atoms with van der Waals surface area (Å²) in [6.45, 7) is 10.3. The summed E-state index contributed by atoms with van der Waals surface area (Å²) < 4.78 is 9.55. The smallest absolute Gasteiger partial charge is 0.323 e. The van der Waals surface area contributed by atoms with Crippen LogP contribution >= 0.6 is 0 Å². The van der Waals surface area contributed by atoms with Crippen molar-refractivity contribution in [1.82, 2.24) is 0 Å². The van der Waals surface area contributed by atoms with Crippen LogP contribution < -0.4 is 0 Å². The van der Waals surface area contributed by atoms with E-state index in [0.717, 1.165) is 24.5 Å². The van der Waals surface area contributed by atoms with Gasteiger partial charge in [-0.3, -0.25) is 9.59 Å². The molecule has 0 atom stereocenters. The number of carbonyl (C=O) groups is 2. The quantitative estimate of drug-likeness (QED) is 0.233. The molecular weight excluding hydrogens is 308 g/mol. The van der Waals surface area contributed by atoms with E-state index < -0.39 is 25.4 Å². The minimum atomic E-state index is -1.65. The van der Waals surface area contributed by atoms with Crippen molar-refractivity contribution in [2.45, 2.75) is 59.2 Å². The van der Waals surface area contributed by atoms with Crippen LogP contribution in [0.3, 0.4) is 0 Å². The standard InChI is InChI=1S/C18H30O4Si/c1-8-9-10-11-12-15(23(5,6)7)13-14-18(2,16(19)21-3)17(20)22-4/h13H,8-10,14H2,1-7H3/b15-13-. The van der Waals surface area contributed by atoms with Gasteiger partial charge in [-0.05, 0) is 25.0 Å². The molecular formula is C18H30O4Si. The molecule has 0 aromatic rings. The number of unbranched alkanes of at least 4 members (excludes halogenated alkanes) is 2. The van der Waals surface area contributed by atoms with Gasteiger partial charge in [-0.15, -0.1) is 0 Å². The van der Waals surface area contributed by atoms with E-state index >= 15 is 0 Å². The second kappa shape index (κ2) is 9.56. The third-order valence-electron chi connectivity index (χ3n) is 3.67. The molecule has 0 saturated carbocycles. The molecule has 0 heterocycles. The third-order valence-corrected chi connectivity index (χ3v) is 5.62. The highest BCUT2D eigenvalue weighted by Gasteiger charge is 2.43.